The van der Waals surface area contributed by atoms with E-state index in [1.54, 1.807) is 23.3 Å². The van der Waals surface area contributed by atoms with E-state index in [0.29, 0.717) is 18.7 Å². The smallest absolute Gasteiger partial charge is 0.253 e. The lowest BCUT2D eigenvalue weighted by molar-refractivity contribution is -0.0553. The summed E-state index contributed by atoms with van der Waals surface area (Å²) in [5.41, 5.74) is 3.85. The summed E-state index contributed by atoms with van der Waals surface area (Å²) in [5, 5.41) is 10.1. The molecule has 2 fully saturated rings. The zero-order valence-electron chi connectivity index (χ0n) is 19.5. The van der Waals surface area contributed by atoms with Gasteiger partial charge >= 0.3 is 0 Å². The first kappa shape index (κ1) is 23.9. The fourth-order valence-electron chi connectivity index (χ4n) is 5.17. The van der Waals surface area contributed by atoms with Crippen molar-refractivity contribution in [3.8, 4) is 11.1 Å². The van der Waals surface area contributed by atoms with E-state index in [9.17, 15) is 18.3 Å². The topological polar surface area (TPSA) is 81.2 Å². The van der Waals surface area contributed by atoms with Crippen LogP contribution in [0.25, 0.3) is 11.1 Å². The van der Waals surface area contributed by atoms with Crippen LogP contribution >= 0.6 is 0 Å². The van der Waals surface area contributed by atoms with E-state index in [1.807, 2.05) is 24.3 Å². The molecule has 1 amide bonds. The summed E-state index contributed by atoms with van der Waals surface area (Å²) in [6.45, 7) is 1.97. The van der Waals surface area contributed by atoms with Crippen molar-refractivity contribution < 1.29 is 18.3 Å². The molecule has 2 aliphatic heterocycles. The molecule has 0 radical (unpaired) electrons. The molecule has 2 aromatic carbocycles. The van der Waals surface area contributed by atoms with Crippen LogP contribution < -0.4 is 0 Å². The predicted molar refractivity (Wildman–Crippen MR) is 130 cm³/mol. The van der Waals surface area contributed by atoms with Crippen LogP contribution in [0.1, 0.15) is 34.7 Å². The van der Waals surface area contributed by atoms with Crippen molar-refractivity contribution in [2.45, 2.75) is 30.8 Å². The van der Waals surface area contributed by atoms with Gasteiger partial charge in [0.2, 0.25) is 10.0 Å². The Morgan fingerprint density at radius 3 is 2.12 bits per heavy atom. The lowest BCUT2D eigenvalue weighted by Gasteiger charge is -2.57. The number of nitrogens with zero attached hydrogens (tertiary/aromatic N) is 3. The highest BCUT2D eigenvalue weighted by molar-refractivity contribution is 7.88. The quantitative estimate of drug-likeness (QED) is 0.723. The molecule has 7 nitrogen and oxygen atoms in total. The van der Waals surface area contributed by atoms with Crippen LogP contribution in [0.5, 0.6) is 0 Å². The molecule has 33 heavy (non-hydrogen) atoms. The Balaban J connectivity index is 1.55. The highest BCUT2D eigenvalue weighted by Gasteiger charge is 2.49. The third kappa shape index (κ3) is 4.84. The maximum Gasteiger partial charge on any atom is 0.253 e. The minimum absolute atomic E-state index is 0.0108. The number of amides is 1. The first-order valence-corrected chi connectivity index (χ1v) is 13.3. The highest BCUT2D eigenvalue weighted by Crippen LogP contribution is 2.42. The van der Waals surface area contributed by atoms with Crippen molar-refractivity contribution in [1.82, 2.24) is 14.1 Å². The third-order valence-electron chi connectivity index (χ3n) is 6.97. The molecule has 2 heterocycles. The Kier molecular flexibility index (Phi) is 6.91. The maximum atomic E-state index is 12.3. The van der Waals surface area contributed by atoms with Crippen LogP contribution in [-0.4, -0.2) is 92.2 Å². The summed E-state index contributed by atoms with van der Waals surface area (Å²) in [4.78, 5) is 16.0. The highest BCUT2D eigenvalue weighted by atomic mass is 32.2. The van der Waals surface area contributed by atoms with Crippen molar-refractivity contribution in [1.29, 1.82) is 0 Å². The molecule has 1 N–H and O–H groups in total. The number of hydrogen-bond acceptors (Lipinski definition) is 5. The Morgan fingerprint density at radius 1 is 1.00 bits per heavy atom. The van der Waals surface area contributed by atoms with Gasteiger partial charge in [-0.05, 0) is 48.2 Å². The number of aliphatic hydroxyl groups is 1. The van der Waals surface area contributed by atoms with Gasteiger partial charge in [0.1, 0.15) is 0 Å². The van der Waals surface area contributed by atoms with Gasteiger partial charge in [-0.25, -0.2) is 12.7 Å². The van der Waals surface area contributed by atoms with Crippen LogP contribution in [0.2, 0.25) is 0 Å². The van der Waals surface area contributed by atoms with E-state index in [0.717, 1.165) is 36.1 Å². The zero-order chi connectivity index (χ0) is 23.8. The minimum atomic E-state index is -3.26. The van der Waals surface area contributed by atoms with E-state index in [4.69, 9.17) is 0 Å². The van der Waals surface area contributed by atoms with Gasteiger partial charge in [-0.3, -0.25) is 9.69 Å². The average molecular weight is 472 g/mol. The van der Waals surface area contributed by atoms with Crippen LogP contribution in [0.15, 0.2) is 48.5 Å². The van der Waals surface area contributed by atoms with Crippen LogP contribution in [0.3, 0.4) is 0 Å². The number of rotatable bonds is 5. The molecule has 0 aliphatic carbocycles. The van der Waals surface area contributed by atoms with Gasteiger partial charge in [-0.2, -0.15) is 0 Å². The summed E-state index contributed by atoms with van der Waals surface area (Å²) in [6, 6.07) is 16.0. The van der Waals surface area contributed by atoms with E-state index >= 15 is 0 Å². The lowest BCUT2D eigenvalue weighted by atomic mass is 9.74. The van der Waals surface area contributed by atoms with Gasteiger partial charge in [0.15, 0.2) is 0 Å². The summed E-state index contributed by atoms with van der Waals surface area (Å²) in [7, 11) is 0.216. The first-order valence-electron chi connectivity index (χ1n) is 11.4. The fourth-order valence-corrected chi connectivity index (χ4v) is 6.06. The minimum Gasteiger partial charge on any atom is -0.395 e. The van der Waals surface area contributed by atoms with Crippen molar-refractivity contribution in [2.75, 3.05) is 46.6 Å². The van der Waals surface area contributed by atoms with Crippen molar-refractivity contribution in [2.24, 2.45) is 0 Å². The molecule has 0 spiro atoms. The van der Waals surface area contributed by atoms with E-state index in [2.05, 4.69) is 29.2 Å². The largest absolute Gasteiger partial charge is 0.395 e. The molecule has 0 unspecified atom stereocenters. The predicted octanol–water partition coefficient (Wildman–Crippen LogP) is 2.24. The normalized spacial score (nSPS) is 24.3. The molecule has 3 atom stereocenters. The summed E-state index contributed by atoms with van der Waals surface area (Å²) >= 11 is 0. The fraction of sp³-hybridized carbons (Fsp3) is 0.480. The molecule has 2 aromatic rings. The van der Waals surface area contributed by atoms with Crippen molar-refractivity contribution in [3.05, 3.63) is 59.7 Å². The van der Waals surface area contributed by atoms with Gasteiger partial charge < -0.3 is 10.0 Å². The number of carbonyl (C=O) groups is 1. The molecule has 0 bridgehead atoms. The summed E-state index contributed by atoms with van der Waals surface area (Å²) in [5.74, 6) is 0.0651. The van der Waals surface area contributed by atoms with Gasteiger partial charge in [-0.1, -0.05) is 36.4 Å². The van der Waals surface area contributed by atoms with E-state index in [1.165, 1.54) is 6.26 Å². The second kappa shape index (κ2) is 9.54. The molecule has 4 rings (SSSR count). The lowest BCUT2D eigenvalue weighted by Crippen LogP contribution is -2.67. The summed E-state index contributed by atoms with van der Waals surface area (Å²) in [6.07, 6.45) is 3.05. The van der Waals surface area contributed by atoms with Gasteiger partial charge in [-0.15, -0.1) is 0 Å². The molecule has 2 aliphatic rings. The number of hydrogen-bond donors (Lipinski definition) is 1. The Hall–Kier alpha value is -2.26. The number of sulfonamides is 1. The second-order valence-electron chi connectivity index (χ2n) is 9.31. The van der Waals surface area contributed by atoms with Gasteiger partial charge in [0.05, 0.1) is 12.9 Å². The van der Waals surface area contributed by atoms with Crippen molar-refractivity contribution >= 4 is 15.9 Å². The number of carbonyl (C=O) groups excluding carboxylic acids is 1. The number of benzene rings is 2. The molecule has 0 aromatic heterocycles. The number of aliphatic hydroxyl groups excluding tert-OH is 1. The van der Waals surface area contributed by atoms with Crippen LogP contribution in [0, 0.1) is 0 Å². The molecule has 8 heteroatoms. The number of fused-ring (bicyclic) bond motifs is 1. The van der Waals surface area contributed by atoms with Gasteiger partial charge in [0, 0.05) is 50.7 Å². The molecular formula is C25H33N3O4S. The summed E-state index contributed by atoms with van der Waals surface area (Å²) < 4.78 is 26.1. The molecule has 0 saturated carbocycles. The Bertz CT molecular complexity index is 1080. The zero-order valence-corrected chi connectivity index (χ0v) is 20.3. The average Bonchev–Trinajstić information content (AvgIpc) is 2.77. The first-order chi connectivity index (χ1) is 15.7. The van der Waals surface area contributed by atoms with Crippen LogP contribution in [0.4, 0.5) is 0 Å². The monoisotopic (exact) mass is 471 g/mol. The standard InChI is InChI=1S/C25H33N3O4S/c1-26(2)25(30)21-12-8-19(9-13-21)18-6-10-20(11-7-18)24-22-16-27(33(3,31)32)14-4-5-15-28(22)23(24)17-29/h6-13,22-24,29H,4-5,14-17H2,1-3H3/t22-,23+,24-/m1/s1. The third-order valence-corrected chi connectivity index (χ3v) is 8.24. The van der Waals surface area contributed by atoms with Crippen LogP contribution in [-0.2, 0) is 10.0 Å². The Labute approximate surface area is 196 Å². The van der Waals surface area contributed by atoms with Gasteiger partial charge in [0.25, 0.3) is 5.91 Å². The SMILES string of the molecule is CN(C)C(=O)c1ccc(-c2ccc([C@@H]3[C@H]4CN(S(C)(=O)=O)CCCCN4[C@H]3CO)cc2)cc1. The van der Waals surface area contributed by atoms with E-state index < -0.39 is 10.0 Å². The molecule has 2 saturated heterocycles. The molecule has 178 valence electrons. The maximum absolute atomic E-state index is 12.3. The Morgan fingerprint density at radius 2 is 1.58 bits per heavy atom. The second-order valence-corrected chi connectivity index (χ2v) is 11.3. The molecular weight excluding hydrogens is 438 g/mol. The van der Waals surface area contributed by atoms with Crippen molar-refractivity contribution in [3.63, 3.8) is 0 Å². The van der Waals surface area contributed by atoms with E-state index in [-0.39, 0.29) is 30.5 Å².